The average molecular weight is 250 g/mol. The number of hydrogen-bond acceptors (Lipinski definition) is 3. The molecule has 0 radical (unpaired) electrons. The van der Waals surface area contributed by atoms with Gasteiger partial charge in [-0.3, -0.25) is 9.48 Å². The number of carbonyl (C=O) groups is 1. The Bertz CT molecular complexity index is 476. The Labute approximate surface area is 108 Å². The molecule has 1 aromatic heterocycles. The van der Waals surface area contributed by atoms with E-state index in [0.717, 1.165) is 24.2 Å². The van der Waals surface area contributed by atoms with Crippen LogP contribution in [0.5, 0.6) is 0 Å². The number of rotatable bonds is 4. The molecule has 18 heavy (non-hydrogen) atoms. The van der Waals surface area contributed by atoms with Crippen molar-refractivity contribution in [3.8, 4) is 0 Å². The highest BCUT2D eigenvalue weighted by Gasteiger charge is 2.42. The molecule has 1 aliphatic carbocycles. The lowest BCUT2D eigenvalue weighted by molar-refractivity contribution is 0.0896. The van der Waals surface area contributed by atoms with Crippen LogP contribution in [0.4, 0.5) is 0 Å². The third kappa shape index (κ3) is 2.14. The van der Waals surface area contributed by atoms with Crippen LogP contribution in [0.3, 0.4) is 0 Å². The van der Waals surface area contributed by atoms with Gasteiger partial charge in [0.1, 0.15) is 0 Å². The molecule has 1 saturated carbocycles. The van der Waals surface area contributed by atoms with Crippen molar-refractivity contribution in [3.05, 3.63) is 17.0 Å². The summed E-state index contributed by atoms with van der Waals surface area (Å²) in [7, 11) is 1.85. The summed E-state index contributed by atoms with van der Waals surface area (Å²) in [5.74, 6) is 0.460. The molecule has 1 amide bonds. The van der Waals surface area contributed by atoms with E-state index < -0.39 is 0 Å². The number of nitrogens with one attached hydrogen (secondary N) is 1. The minimum Gasteiger partial charge on any atom is -0.345 e. The Morgan fingerprint density at radius 3 is 2.56 bits per heavy atom. The number of amides is 1. The van der Waals surface area contributed by atoms with Crippen molar-refractivity contribution < 1.29 is 4.79 Å². The van der Waals surface area contributed by atoms with Crippen LogP contribution in [0.1, 0.15) is 41.5 Å². The van der Waals surface area contributed by atoms with E-state index in [9.17, 15) is 4.79 Å². The van der Waals surface area contributed by atoms with Gasteiger partial charge in [-0.25, -0.2) is 0 Å². The van der Waals surface area contributed by atoms with E-state index >= 15 is 0 Å². The Morgan fingerprint density at radius 2 is 2.17 bits per heavy atom. The van der Waals surface area contributed by atoms with Gasteiger partial charge < -0.3 is 11.1 Å². The highest BCUT2D eigenvalue weighted by atomic mass is 16.1. The smallest absolute Gasteiger partial charge is 0.255 e. The summed E-state index contributed by atoms with van der Waals surface area (Å²) >= 11 is 0. The van der Waals surface area contributed by atoms with Crippen molar-refractivity contribution in [1.29, 1.82) is 0 Å². The largest absolute Gasteiger partial charge is 0.345 e. The van der Waals surface area contributed by atoms with Crippen LogP contribution < -0.4 is 11.1 Å². The third-order valence-corrected chi connectivity index (χ3v) is 4.04. The van der Waals surface area contributed by atoms with Gasteiger partial charge in [-0.15, -0.1) is 0 Å². The number of aromatic nitrogens is 2. The molecule has 1 atom stereocenters. The second kappa shape index (κ2) is 4.39. The molecular weight excluding hydrogens is 228 g/mol. The average Bonchev–Trinajstić information content (AvgIpc) is 3.09. The van der Waals surface area contributed by atoms with Crippen molar-refractivity contribution in [2.24, 2.45) is 18.7 Å². The molecule has 1 heterocycles. The summed E-state index contributed by atoms with van der Waals surface area (Å²) in [6.07, 6.45) is 2.30. The van der Waals surface area contributed by atoms with Crippen LogP contribution in [-0.4, -0.2) is 27.8 Å². The predicted octanol–water partition coefficient (Wildman–Crippen LogP) is 0.894. The predicted molar refractivity (Wildman–Crippen MR) is 70.3 cm³/mol. The maximum atomic E-state index is 12.4. The van der Waals surface area contributed by atoms with E-state index in [-0.39, 0.29) is 11.4 Å². The lowest BCUT2D eigenvalue weighted by Crippen LogP contribution is -2.53. The van der Waals surface area contributed by atoms with Crippen molar-refractivity contribution in [2.75, 3.05) is 6.54 Å². The third-order valence-electron chi connectivity index (χ3n) is 4.04. The normalized spacial score (nSPS) is 18.5. The minimum atomic E-state index is -0.286. The lowest BCUT2D eigenvalue weighted by atomic mass is 9.95. The molecule has 5 nitrogen and oxygen atoms in total. The summed E-state index contributed by atoms with van der Waals surface area (Å²) in [6.45, 7) is 6.27. The van der Waals surface area contributed by atoms with Crippen LogP contribution in [0.2, 0.25) is 0 Å². The fraction of sp³-hybridized carbons (Fsp3) is 0.692. The molecule has 2 rings (SSSR count). The summed E-state index contributed by atoms with van der Waals surface area (Å²) in [4.78, 5) is 12.4. The second-order valence-corrected chi connectivity index (χ2v) is 5.52. The molecule has 0 aliphatic heterocycles. The minimum absolute atomic E-state index is 0.0575. The maximum absolute atomic E-state index is 12.4. The van der Waals surface area contributed by atoms with Gasteiger partial charge in [0.25, 0.3) is 5.91 Å². The first kappa shape index (κ1) is 13.1. The van der Waals surface area contributed by atoms with Gasteiger partial charge in [-0.05, 0) is 39.5 Å². The van der Waals surface area contributed by atoms with Gasteiger partial charge >= 0.3 is 0 Å². The van der Waals surface area contributed by atoms with Gasteiger partial charge in [0.15, 0.2) is 0 Å². The van der Waals surface area contributed by atoms with Gasteiger partial charge in [0, 0.05) is 19.3 Å². The zero-order valence-corrected chi connectivity index (χ0v) is 11.6. The lowest BCUT2D eigenvalue weighted by Gasteiger charge is -2.29. The van der Waals surface area contributed by atoms with Crippen LogP contribution in [0.15, 0.2) is 0 Å². The summed E-state index contributed by atoms with van der Waals surface area (Å²) in [6, 6.07) is 0. The molecule has 1 aromatic rings. The molecule has 0 bridgehead atoms. The monoisotopic (exact) mass is 250 g/mol. The first-order chi connectivity index (χ1) is 8.39. The van der Waals surface area contributed by atoms with Crippen LogP contribution in [0, 0.1) is 19.8 Å². The van der Waals surface area contributed by atoms with Gasteiger partial charge in [0.2, 0.25) is 0 Å². The van der Waals surface area contributed by atoms with Crippen LogP contribution >= 0.6 is 0 Å². The Morgan fingerprint density at radius 1 is 1.56 bits per heavy atom. The molecule has 0 aromatic carbocycles. The highest BCUT2D eigenvalue weighted by molar-refractivity contribution is 5.96. The molecular formula is C13H22N4O. The van der Waals surface area contributed by atoms with E-state index in [1.54, 1.807) is 4.68 Å². The molecule has 5 heteroatoms. The van der Waals surface area contributed by atoms with Crippen LogP contribution in [0.25, 0.3) is 0 Å². The number of nitrogens with two attached hydrogens (primary N) is 1. The molecule has 100 valence electrons. The molecule has 3 N–H and O–H groups in total. The highest BCUT2D eigenvalue weighted by Crippen LogP contribution is 2.39. The van der Waals surface area contributed by atoms with Gasteiger partial charge in [-0.1, -0.05) is 0 Å². The van der Waals surface area contributed by atoms with E-state index in [1.165, 1.54) is 0 Å². The fourth-order valence-electron chi connectivity index (χ4n) is 2.46. The number of hydrogen-bond donors (Lipinski definition) is 2. The number of aryl methyl sites for hydroxylation is 2. The van der Waals surface area contributed by atoms with E-state index in [0.29, 0.717) is 18.0 Å². The zero-order chi connectivity index (χ0) is 13.5. The quantitative estimate of drug-likeness (QED) is 0.833. The molecule has 1 unspecified atom stereocenters. The van der Waals surface area contributed by atoms with Gasteiger partial charge in [-0.2, -0.15) is 5.10 Å². The maximum Gasteiger partial charge on any atom is 0.255 e. The van der Waals surface area contributed by atoms with Crippen molar-refractivity contribution in [3.63, 3.8) is 0 Å². The first-order valence-electron chi connectivity index (χ1n) is 6.42. The molecule has 0 spiro atoms. The van der Waals surface area contributed by atoms with E-state index in [2.05, 4.69) is 10.4 Å². The van der Waals surface area contributed by atoms with Crippen LogP contribution in [-0.2, 0) is 7.05 Å². The standard InChI is InChI=1S/C13H22N4O/c1-8-11(9(2)17(4)16-8)12(18)15-13(3,7-14)10-5-6-10/h10H,5-7,14H2,1-4H3,(H,15,18). The summed E-state index contributed by atoms with van der Waals surface area (Å²) < 4.78 is 1.74. The molecule has 1 aliphatic rings. The van der Waals surface area contributed by atoms with Gasteiger partial charge in [0.05, 0.1) is 16.8 Å². The van der Waals surface area contributed by atoms with Crippen molar-refractivity contribution in [2.45, 2.75) is 39.2 Å². The Hall–Kier alpha value is -1.36. The Balaban J connectivity index is 2.21. The first-order valence-corrected chi connectivity index (χ1v) is 6.42. The fourth-order valence-corrected chi connectivity index (χ4v) is 2.46. The van der Waals surface area contributed by atoms with Crippen molar-refractivity contribution >= 4 is 5.91 Å². The van der Waals surface area contributed by atoms with E-state index in [1.807, 2.05) is 27.8 Å². The zero-order valence-electron chi connectivity index (χ0n) is 11.6. The molecule has 1 fully saturated rings. The van der Waals surface area contributed by atoms with Crippen molar-refractivity contribution in [1.82, 2.24) is 15.1 Å². The second-order valence-electron chi connectivity index (χ2n) is 5.52. The SMILES string of the molecule is Cc1nn(C)c(C)c1C(=O)NC(C)(CN)C1CC1. The summed E-state index contributed by atoms with van der Waals surface area (Å²) in [5.41, 5.74) is 7.87. The van der Waals surface area contributed by atoms with E-state index in [4.69, 9.17) is 5.73 Å². The number of carbonyl (C=O) groups excluding carboxylic acids is 1. The summed E-state index contributed by atoms with van der Waals surface area (Å²) in [5, 5.41) is 7.37. The molecule has 0 saturated heterocycles. The number of nitrogens with zero attached hydrogens (tertiary/aromatic N) is 2. The Kier molecular flexibility index (Phi) is 3.19. The topological polar surface area (TPSA) is 72.9 Å².